The Labute approximate surface area is 227 Å². The van der Waals surface area contributed by atoms with Gasteiger partial charge in [-0.15, -0.1) is 0 Å². The first kappa shape index (κ1) is 27.6. The molecule has 2 aromatic carbocycles. The van der Waals surface area contributed by atoms with Crippen LogP contribution in [0.5, 0.6) is 0 Å². The number of para-hydroxylation sites is 1. The summed E-state index contributed by atoms with van der Waals surface area (Å²) in [6, 6.07) is 10.7. The molecular weight excluding hydrogens is 538 g/mol. The van der Waals surface area contributed by atoms with E-state index < -0.39 is 29.2 Å². The first-order valence-corrected chi connectivity index (χ1v) is 13.3. The number of halogens is 6. The summed E-state index contributed by atoms with van der Waals surface area (Å²) in [6.07, 6.45) is -5.13. The fourth-order valence-electron chi connectivity index (χ4n) is 6.12. The second-order valence-corrected chi connectivity index (χ2v) is 10.7. The number of nitrogens with zero attached hydrogens (tertiary/aromatic N) is 2. The fourth-order valence-corrected chi connectivity index (χ4v) is 6.36. The van der Waals surface area contributed by atoms with Gasteiger partial charge < -0.3 is 10.6 Å². The van der Waals surface area contributed by atoms with Gasteiger partial charge in [0.2, 0.25) is 0 Å². The summed E-state index contributed by atoms with van der Waals surface area (Å²) in [5, 5.41) is 6.60. The third-order valence-electron chi connectivity index (χ3n) is 8.05. The number of benzene rings is 2. The lowest BCUT2D eigenvalue weighted by atomic mass is 9.72. The van der Waals surface area contributed by atoms with Gasteiger partial charge in [0, 0.05) is 24.2 Å². The van der Waals surface area contributed by atoms with Crippen molar-refractivity contribution in [2.75, 3.05) is 18.4 Å². The third-order valence-corrected chi connectivity index (χ3v) is 8.27. The van der Waals surface area contributed by atoms with Crippen LogP contribution >= 0.6 is 12.2 Å². The van der Waals surface area contributed by atoms with Gasteiger partial charge in [-0.25, -0.2) is 0 Å². The lowest BCUT2D eigenvalue weighted by Gasteiger charge is -2.52. The number of anilines is 1. The highest BCUT2D eigenvalue weighted by atomic mass is 32.1. The zero-order valence-corrected chi connectivity index (χ0v) is 21.9. The van der Waals surface area contributed by atoms with E-state index in [0.717, 1.165) is 54.9 Å². The second kappa shape index (κ2) is 10.6. The minimum absolute atomic E-state index is 0.0341. The number of nitrogens with one attached hydrogen (secondary N) is 2. The Morgan fingerprint density at radius 1 is 1.08 bits per heavy atom. The van der Waals surface area contributed by atoms with E-state index in [1.807, 2.05) is 30.3 Å². The summed E-state index contributed by atoms with van der Waals surface area (Å²) >= 11 is 5.48. The van der Waals surface area contributed by atoms with Crippen molar-refractivity contribution in [3.63, 3.8) is 0 Å². The summed E-state index contributed by atoms with van der Waals surface area (Å²) in [5.41, 5.74) is -1.65. The fraction of sp³-hybridized carbons (Fsp3) is 0.429. The van der Waals surface area contributed by atoms with Crippen LogP contribution in [-0.4, -0.2) is 34.1 Å². The van der Waals surface area contributed by atoms with Crippen molar-refractivity contribution in [1.82, 2.24) is 15.2 Å². The molecule has 5 atom stereocenters. The van der Waals surface area contributed by atoms with E-state index in [0.29, 0.717) is 17.9 Å². The Balaban J connectivity index is 1.48. The molecule has 0 radical (unpaired) electrons. The van der Waals surface area contributed by atoms with Gasteiger partial charge in [-0.2, -0.15) is 26.3 Å². The topological polar surface area (TPSA) is 40.2 Å². The first-order valence-electron chi connectivity index (χ1n) is 12.9. The molecule has 1 unspecified atom stereocenters. The van der Waals surface area contributed by atoms with Crippen LogP contribution < -0.4 is 10.6 Å². The van der Waals surface area contributed by atoms with Crippen LogP contribution in [0, 0.1) is 11.8 Å². The molecule has 0 spiro atoms. The van der Waals surface area contributed by atoms with Gasteiger partial charge in [0.15, 0.2) is 5.11 Å². The molecule has 4 nitrogen and oxygen atoms in total. The Morgan fingerprint density at radius 3 is 2.51 bits per heavy atom. The number of hydrogen-bond donors (Lipinski definition) is 2. The molecule has 6 rings (SSSR count). The highest BCUT2D eigenvalue weighted by Gasteiger charge is 2.44. The highest BCUT2D eigenvalue weighted by Crippen LogP contribution is 2.43. The Kier molecular flexibility index (Phi) is 7.49. The van der Waals surface area contributed by atoms with Crippen molar-refractivity contribution in [1.29, 1.82) is 0 Å². The van der Waals surface area contributed by atoms with E-state index in [9.17, 15) is 26.3 Å². The van der Waals surface area contributed by atoms with Crippen molar-refractivity contribution in [2.45, 2.75) is 50.6 Å². The molecule has 3 saturated heterocycles. The van der Waals surface area contributed by atoms with E-state index >= 15 is 0 Å². The predicted molar refractivity (Wildman–Crippen MR) is 142 cm³/mol. The molecule has 3 aliphatic rings. The normalized spacial score (nSPS) is 24.0. The van der Waals surface area contributed by atoms with E-state index in [1.54, 1.807) is 6.20 Å². The van der Waals surface area contributed by atoms with Crippen LogP contribution in [0.1, 0.15) is 48.9 Å². The number of aromatic nitrogens is 1. The van der Waals surface area contributed by atoms with E-state index in [2.05, 4.69) is 27.4 Å². The standard InChI is InChI=1S/C28H28F6N4S/c1-2-16-15-38-12-10-17(16)13-24(38)25(20-9-11-35-22-6-4-3-5-19(20)22)37-26(39)36-23-8-7-18(27(29,30)31)14-21(23)28(32,33)34/h3-9,11,14,16-17,24-25H,2,10,12-13,15H2,1H3,(H2,36,37,39)/t16-,17-,24+,25-/m0/s1. The van der Waals surface area contributed by atoms with E-state index in [4.69, 9.17) is 12.2 Å². The monoisotopic (exact) mass is 566 g/mol. The van der Waals surface area contributed by atoms with Gasteiger partial charge in [-0.05, 0) is 79.3 Å². The van der Waals surface area contributed by atoms with Crippen molar-refractivity contribution in [3.8, 4) is 0 Å². The number of piperidine rings is 3. The van der Waals surface area contributed by atoms with Gasteiger partial charge in [0.1, 0.15) is 0 Å². The Hall–Kier alpha value is -2.92. The SMILES string of the molecule is CC[C@H]1CN2CC[C@H]1C[C@@H]2[C@@H](NC(=S)Nc1ccc(C(F)(F)F)cc1C(F)(F)F)c1ccnc2ccccc12. The molecule has 0 aliphatic carbocycles. The molecule has 2 N–H and O–H groups in total. The highest BCUT2D eigenvalue weighted by molar-refractivity contribution is 7.80. The minimum atomic E-state index is -5.01. The van der Waals surface area contributed by atoms with E-state index in [-0.39, 0.29) is 23.3 Å². The van der Waals surface area contributed by atoms with Crippen molar-refractivity contribution < 1.29 is 26.3 Å². The molecule has 208 valence electrons. The quantitative estimate of drug-likeness (QED) is 0.249. The Bertz CT molecular complexity index is 1350. The molecular formula is C28H28F6N4S. The lowest BCUT2D eigenvalue weighted by molar-refractivity contribution is -0.142. The van der Waals surface area contributed by atoms with Gasteiger partial charge in [-0.3, -0.25) is 9.88 Å². The summed E-state index contributed by atoms with van der Waals surface area (Å²) in [5.74, 6) is 1.13. The van der Waals surface area contributed by atoms with Gasteiger partial charge >= 0.3 is 12.4 Å². The van der Waals surface area contributed by atoms with Gasteiger partial charge in [0.25, 0.3) is 0 Å². The zero-order valence-electron chi connectivity index (χ0n) is 21.1. The van der Waals surface area contributed by atoms with Crippen LogP contribution in [-0.2, 0) is 12.4 Å². The number of alkyl halides is 6. The average Bonchev–Trinajstić information content (AvgIpc) is 2.90. The molecule has 1 aromatic heterocycles. The van der Waals surface area contributed by atoms with Gasteiger partial charge in [-0.1, -0.05) is 31.5 Å². The number of rotatable bonds is 5. The van der Waals surface area contributed by atoms with Crippen LogP contribution in [0.15, 0.2) is 54.7 Å². The van der Waals surface area contributed by atoms with Crippen LogP contribution in [0.3, 0.4) is 0 Å². The first-order chi connectivity index (χ1) is 18.5. The van der Waals surface area contributed by atoms with Crippen LogP contribution in [0.25, 0.3) is 10.9 Å². The van der Waals surface area contributed by atoms with Crippen molar-refractivity contribution in [3.05, 3.63) is 71.4 Å². The molecule has 2 bridgehead atoms. The van der Waals surface area contributed by atoms with Crippen molar-refractivity contribution >= 4 is 33.9 Å². The molecule has 3 fully saturated rings. The Morgan fingerprint density at radius 2 is 1.85 bits per heavy atom. The third kappa shape index (κ3) is 5.70. The maximum atomic E-state index is 13.7. The number of pyridine rings is 1. The van der Waals surface area contributed by atoms with E-state index in [1.165, 1.54) is 0 Å². The van der Waals surface area contributed by atoms with Crippen LogP contribution in [0.4, 0.5) is 32.0 Å². The minimum Gasteiger partial charge on any atom is -0.354 e. The molecule has 0 saturated carbocycles. The van der Waals surface area contributed by atoms with Crippen LogP contribution in [0.2, 0.25) is 0 Å². The molecule has 0 amide bonds. The maximum Gasteiger partial charge on any atom is 0.418 e. The molecule has 11 heteroatoms. The van der Waals surface area contributed by atoms with Gasteiger partial charge in [0.05, 0.1) is 28.4 Å². The molecule has 39 heavy (non-hydrogen) atoms. The summed E-state index contributed by atoms with van der Waals surface area (Å²) < 4.78 is 80.6. The predicted octanol–water partition coefficient (Wildman–Crippen LogP) is 7.42. The molecule has 3 aromatic rings. The summed E-state index contributed by atoms with van der Waals surface area (Å²) in [4.78, 5) is 6.87. The lowest BCUT2D eigenvalue weighted by Crippen LogP contribution is -2.58. The number of fused-ring (bicyclic) bond motifs is 4. The maximum absolute atomic E-state index is 13.7. The summed E-state index contributed by atoms with van der Waals surface area (Å²) in [6.45, 7) is 4.05. The second-order valence-electron chi connectivity index (χ2n) is 10.3. The molecule has 4 heterocycles. The number of hydrogen-bond acceptors (Lipinski definition) is 3. The number of thiocarbonyl (C=S) groups is 1. The summed E-state index contributed by atoms with van der Waals surface area (Å²) in [7, 11) is 0. The smallest absolute Gasteiger partial charge is 0.354 e. The largest absolute Gasteiger partial charge is 0.418 e. The zero-order chi connectivity index (χ0) is 27.9. The van der Waals surface area contributed by atoms with Crippen molar-refractivity contribution in [2.24, 2.45) is 11.8 Å². The molecule has 3 aliphatic heterocycles. The average molecular weight is 567 g/mol.